The lowest BCUT2D eigenvalue weighted by Crippen LogP contribution is -2.11. The van der Waals surface area contributed by atoms with E-state index in [-0.39, 0.29) is 18.5 Å². The van der Waals surface area contributed by atoms with Gasteiger partial charge in [-0.25, -0.2) is 0 Å². The average molecular weight is 298 g/mol. The van der Waals surface area contributed by atoms with Crippen molar-refractivity contribution in [3.05, 3.63) is 48.0 Å². The molecule has 3 N–H and O–H groups in total. The molecule has 114 valence electrons. The van der Waals surface area contributed by atoms with Gasteiger partial charge >= 0.3 is 0 Å². The first-order valence-corrected chi connectivity index (χ1v) is 7.14. The standard InChI is InChI=1S/C16H18N4O2/c1-10(2)20-15-6-13(4-3-11(15)8-18-20)19-16(21)12-5-14(7-17)22-9-12/h3-6,8-10H,7,17H2,1-2H3,(H,19,21). The van der Waals surface area contributed by atoms with Crippen LogP contribution in [0.15, 0.2) is 41.1 Å². The number of nitrogens with two attached hydrogens (primary N) is 1. The highest BCUT2D eigenvalue weighted by Crippen LogP contribution is 2.22. The highest BCUT2D eigenvalue weighted by Gasteiger charge is 2.12. The van der Waals surface area contributed by atoms with Crippen molar-refractivity contribution in [3.8, 4) is 0 Å². The molecule has 22 heavy (non-hydrogen) atoms. The van der Waals surface area contributed by atoms with E-state index in [1.807, 2.05) is 29.1 Å². The smallest absolute Gasteiger partial charge is 0.258 e. The summed E-state index contributed by atoms with van der Waals surface area (Å²) in [6.07, 6.45) is 3.24. The van der Waals surface area contributed by atoms with Crippen LogP contribution >= 0.6 is 0 Å². The topological polar surface area (TPSA) is 86.1 Å². The molecule has 0 fully saturated rings. The number of benzene rings is 1. The fourth-order valence-electron chi connectivity index (χ4n) is 2.34. The Bertz CT molecular complexity index is 817. The fourth-order valence-corrected chi connectivity index (χ4v) is 2.34. The van der Waals surface area contributed by atoms with Crippen molar-refractivity contribution in [1.82, 2.24) is 9.78 Å². The number of nitrogens with zero attached hydrogens (tertiary/aromatic N) is 2. The number of aromatic nitrogens is 2. The van der Waals surface area contributed by atoms with Gasteiger partial charge in [0, 0.05) is 17.1 Å². The molecule has 0 aliphatic heterocycles. The van der Waals surface area contributed by atoms with Gasteiger partial charge in [0.25, 0.3) is 5.91 Å². The zero-order valence-corrected chi connectivity index (χ0v) is 12.5. The Morgan fingerprint density at radius 2 is 2.23 bits per heavy atom. The van der Waals surface area contributed by atoms with Crippen molar-refractivity contribution in [2.75, 3.05) is 5.32 Å². The second-order valence-corrected chi connectivity index (χ2v) is 5.42. The van der Waals surface area contributed by atoms with E-state index in [1.54, 1.807) is 6.07 Å². The van der Waals surface area contributed by atoms with Crippen molar-refractivity contribution in [2.24, 2.45) is 5.73 Å². The Morgan fingerprint density at radius 3 is 2.91 bits per heavy atom. The zero-order chi connectivity index (χ0) is 15.7. The highest BCUT2D eigenvalue weighted by molar-refractivity contribution is 6.04. The van der Waals surface area contributed by atoms with Gasteiger partial charge in [-0.2, -0.15) is 5.10 Å². The lowest BCUT2D eigenvalue weighted by atomic mass is 10.2. The molecule has 6 heteroatoms. The molecule has 0 atom stereocenters. The maximum atomic E-state index is 12.2. The summed E-state index contributed by atoms with van der Waals surface area (Å²) in [5.74, 6) is 0.358. The van der Waals surface area contributed by atoms with Crippen LogP contribution < -0.4 is 11.1 Å². The van der Waals surface area contributed by atoms with Gasteiger partial charge in [0.2, 0.25) is 0 Å². The summed E-state index contributed by atoms with van der Waals surface area (Å²) in [6.45, 7) is 4.40. The van der Waals surface area contributed by atoms with Gasteiger partial charge < -0.3 is 15.5 Å². The summed E-state index contributed by atoms with van der Waals surface area (Å²) in [4.78, 5) is 12.2. The summed E-state index contributed by atoms with van der Waals surface area (Å²) in [7, 11) is 0. The minimum atomic E-state index is -0.224. The number of furan rings is 1. The number of carbonyl (C=O) groups is 1. The van der Waals surface area contributed by atoms with E-state index >= 15 is 0 Å². The second kappa shape index (κ2) is 5.65. The number of hydrogen-bond donors (Lipinski definition) is 2. The first-order valence-electron chi connectivity index (χ1n) is 7.14. The molecule has 0 radical (unpaired) electrons. The Labute approximate surface area is 127 Å². The van der Waals surface area contributed by atoms with Crippen LogP contribution in [-0.2, 0) is 6.54 Å². The molecule has 3 aromatic rings. The Hall–Kier alpha value is -2.60. The molecule has 2 heterocycles. The number of rotatable bonds is 4. The van der Waals surface area contributed by atoms with Gasteiger partial charge in [0.15, 0.2) is 0 Å². The van der Waals surface area contributed by atoms with Crippen molar-refractivity contribution in [2.45, 2.75) is 26.4 Å². The monoisotopic (exact) mass is 298 g/mol. The van der Waals surface area contributed by atoms with Crippen LogP contribution in [0.3, 0.4) is 0 Å². The van der Waals surface area contributed by atoms with Crippen LogP contribution in [0.2, 0.25) is 0 Å². The minimum Gasteiger partial charge on any atom is -0.467 e. The molecule has 0 bridgehead atoms. The van der Waals surface area contributed by atoms with E-state index in [9.17, 15) is 4.79 Å². The predicted molar refractivity (Wildman–Crippen MR) is 84.7 cm³/mol. The highest BCUT2D eigenvalue weighted by atomic mass is 16.3. The van der Waals surface area contributed by atoms with E-state index in [4.69, 9.17) is 10.2 Å². The number of hydrogen-bond acceptors (Lipinski definition) is 4. The molecule has 0 unspecified atom stereocenters. The van der Waals surface area contributed by atoms with E-state index in [1.165, 1.54) is 6.26 Å². The minimum absolute atomic E-state index is 0.224. The maximum Gasteiger partial charge on any atom is 0.258 e. The normalized spacial score (nSPS) is 11.3. The third kappa shape index (κ3) is 2.60. The van der Waals surface area contributed by atoms with Crippen LogP contribution in [0, 0.1) is 0 Å². The summed E-state index contributed by atoms with van der Waals surface area (Å²) in [5, 5.41) is 8.27. The van der Waals surface area contributed by atoms with Gasteiger partial charge in [0.1, 0.15) is 12.0 Å². The lowest BCUT2D eigenvalue weighted by Gasteiger charge is -2.09. The molecule has 1 amide bonds. The third-order valence-corrected chi connectivity index (χ3v) is 3.46. The number of carbonyl (C=O) groups excluding carboxylic acids is 1. The van der Waals surface area contributed by atoms with Gasteiger partial charge in [-0.15, -0.1) is 0 Å². The van der Waals surface area contributed by atoms with Crippen LogP contribution in [0.25, 0.3) is 10.9 Å². The van der Waals surface area contributed by atoms with Gasteiger partial charge in [-0.1, -0.05) is 0 Å². The van der Waals surface area contributed by atoms with Crippen molar-refractivity contribution < 1.29 is 9.21 Å². The maximum absolute atomic E-state index is 12.2. The fraction of sp³-hybridized carbons (Fsp3) is 0.250. The van der Waals surface area contributed by atoms with Crippen LogP contribution in [0.1, 0.15) is 36.0 Å². The molecule has 0 aliphatic rings. The van der Waals surface area contributed by atoms with Gasteiger partial charge in [-0.05, 0) is 38.1 Å². The molecule has 0 aliphatic carbocycles. The van der Waals surface area contributed by atoms with E-state index in [0.717, 1.165) is 16.6 Å². The molecule has 3 rings (SSSR count). The summed E-state index contributed by atoms with van der Waals surface area (Å²) in [6, 6.07) is 7.62. The largest absolute Gasteiger partial charge is 0.467 e. The van der Waals surface area contributed by atoms with Gasteiger partial charge in [0.05, 0.1) is 23.8 Å². The average Bonchev–Trinajstić information content (AvgIpc) is 3.13. The molecule has 2 aromatic heterocycles. The number of anilines is 1. The molecule has 0 spiro atoms. The Morgan fingerprint density at radius 1 is 1.41 bits per heavy atom. The number of fused-ring (bicyclic) bond motifs is 1. The summed E-state index contributed by atoms with van der Waals surface area (Å²) >= 11 is 0. The molecule has 0 saturated heterocycles. The predicted octanol–water partition coefficient (Wildman–Crippen LogP) is 2.92. The van der Waals surface area contributed by atoms with Crippen molar-refractivity contribution in [1.29, 1.82) is 0 Å². The van der Waals surface area contributed by atoms with E-state index < -0.39 is 0 Å². The van der Waals surface area contributed by atoms with Gasteiger partial charge in [-0.3, -0.25) is 9.48 Å². The molecule has 0 saturated carbocycles. The first kappa shape index (κ1) is 14.3. The van der Waals surface area contributed by atoms with E-state index in [2.05, 4.69) is 24.3 Å². The zero-order valence-electron chi connectivity index (χ0n) is 12.5. The quantitative estimate of drug-likeness (QED) is 0.775. The Balaban J connectivity index is 1.87. The lowest BCUT2D eigenvalue weighted by molar-refractivity contribution is 0.102. The van der Waals surface area contributed by atoms with E-state index in [0.29, 0.717) is 11.3 Å². The summed E-state index contributed by atoms with van der Waals surface area (Å²) in [5.41, 5.74) is 7.64. The molecule has 1 aromatic carbocycles. The van der Waals surface area contributed by atoms with Crippen LogP contribution in [-0.4, -0.2) is 15.7 Å². The molecular weight excluding hydrogens is 280 g/mol. The van der Waals surface area contributed by atoms with Crippen molar-refractivity contribution in [3.63, 3.8) is 0 Å². The first-order chi connectivity index (χ1) is 10.6. The Kier molecular flexibility index (Phi) is 3.68. The molecular formula is C16H18N4O2. The third-order valence-electron chi connectivity index (χ3n) is 3.46. The number of amides is 1. The number of nitrogens with one attached hydrogen (secondary N) is 1. The van der Waals surface area contributed by atoms with Crippen molar-refractivity contribution >= 4 is 22.5 Å². The SMILES string of the molecule is CC(C)n1ncc2ccc(NC(=O)c3coc(CN)c3)cc21. The molecule has 6 nitrogen and oxygen atoms in total. The van der Waals surface area contributed by atoms with Crippen LogP contribution in [0.4, 0.5) is 5.69 Å². The van der Waals surface area contributed by atoms with Crippen LogP contribution in [0.5, 0.6) is 0 Å². The second-order valence-electron chi connectivity index (χ2n) is 5.42. The summed E-state index contributed by atoms with van der Waals surface area (Å²) < 4.78 is 7.11.